The minimum absolute atomic E-state index is 0.000661. The maximum absolute atomic E-state index is 13.2. The lowest BCUT2D eigenvalue weighted by atomic mass is 10.0. The van der Waals surface area contributed by atoms with Crippen LogP contribution in [-0.4, -0.2) is 70.6 Å². The van der Waals surface area contributed by atoms with E-state index < -0.39 is 60.2 Å². The van der Waals surface area contributed by atoms with Gasteiger partial charge in [-0.05, 0) is 43.7 Å². The van der Waals surface area contributed by atoms with Gasteiger partial charge in [0.2, 0.25) is 17.7 Å². The molecule has 37 heavy (non-hydrogen) atoms. The van der Waals surface area contributed by atoms with Crippen LogP contribution in [0.15, 0.2) is 30.3 Å². The number of nitrogens with two attached hydrogens (primary N) is 2. The van der Waals surface area contributed by atoms with E-state index in [0.717, 1.165) is 5.56 Å². The molecule has 0 bridgehead atoms. The van der Waals surface area contributed by atoms with Gasteiger partial charge in [-0.2, -0.15) is 0 Å². The van der Waals surface area contributed by atoms with Gasteiger partial charge in [0, 0.05) is 6.42 Å². The average molecular weight is 522 g/mol. The summed E-state index contributed by atoms with van der Waals surface area (Å²) in [4.78, 5) is 61.3. The van der Waals surface area contributed by atoms with Crippen LogP contribution >= 0.6 is 0 Å². The first-order valence-electron chi connectivity index (χ1n) is 12.3. The van der Waals surface area contributed by atoms with E-state index in [1.165, 1.54) is 0 Å². The molecule has 1 rings (SSSR count). The smallest absolute Gasteiger partial charge is 0.326 e. The molecule has 0 saturated heterocycles. The largest absolute Gasteiger partial charge is 0.481 e. The molecule has 9 N–H and O–H groups in total. The molecular formula is C25H39N5O7. The predicted molar refractivity (Wildman–Crippen MR) is 136 cm³/mol. The summed E-state index contributed by atoms with van der Waals surface area (Å²) >= 11 is 0. The summed E-state index contributed by atoms with van der Waals surface area (Å²) in [5.74, 6) is -4.63. The predicted octanol–water partition coefficient (Wildman–Crippen LogP) is -0.255. The number of benzene rings is 1. The molecule has 206 valence electrons. The topological polar surface area (TPSA) is 214 Å². The molecule has 0 heterocycles. The first-order chi connectivity index (χ1) is 17.4. The van der Waals surface area contributed by atoms with Gasteiger partial charge in [-0.25, -0.2) is 4.79 Å². The van der Waals surface area contributed by atoms with Crippen LogP contribution in [0.5, 0.6) is 0 Å². The van der Waals surface area contributed by atoms with Crippen LogP contribution in [0.4, 0.5) is 0 Å². The number of carbonyl (C=O) groups excluding carboxylic acids is 3. The zero-order valence-corrected chi connectivity index (χ0v) is 21.3. The number of amides is 3. The Bertz CT molecular complexity index is 910. The van der Waals surface area contributed by atoms with E-state index >= 15 is 0 Å². The Labute approximate surface area is 216 Å². The van der Waals surface area contributed by atoms with Gasteiger partial charge in [0.15, 0.2) is 0 Å². The van der Waals surface area contributed by atoms with Gasteiger partial charge in [-0.1, -0.05) is 44.2 Å². The summed E-state index contributed by atoms with van der Waals surface area (Å²) in [5, 5.41) is 26.0. The molecular weight excluding hydrogens is 482 g/mol. The third kappa shape index (κ3) is 12.3. The van der Waals surface area contributed by atoms with Crippen molar-refractivity contribution >= 4 is 29.7 Å². The second-order valence-corrected chi connectivity index (χ2v) is 9.33. The molecule has 4 atom stereocenters. The number of hydrogen-bond donors (Lipinski definition) is 7. The summed E-state index contributed by atoms with van der Waals surface area (Å²) in [6.45, 7) is 4.02. The Balaban J connectivity index is 3.12. The van der Waals surface area contributed by atoms with E-state index in [4.69, 9.17) is 16.6 Å². The molecule has 0 radical (unpaired) electrons. The SMILES string of the molecule is CC(C)C[C@H](NC(=O)[C@H](Cc1ccccc1)NC(=O)[C@H](CCCCN)NC(=O)[C@@H](N)CC(=O)O)C(=O)O. The third-order valence-corrected chi connectivity index (χ3v) is 5.55. The fraction of sp³-hybridized carbons (Fsp3) is 0.560. The zero-order chi connectivity index (χ0) is 28.0. The van der Waals surface area contributed by atoms with Crippen molar-refractivity contribution in [1.29, 1.82) is 0 Å². The number of aliphatic carboxylic acids is 2. The minimum Gasteiger partial charge on any atom is -0.481 e. The molecule has 0 aliphatic carbocycles. The van der Waals surface area contributed by atoms with Crippen LogP contribution in [-0.2, 0) is 30.4 Å². The Morgan fingerprint density at radius 3 is 1.95 bits per heavy atom. The number of carboxylic acids is 2. The van der Waals surface area contributed by atoms with E-state index in [2.05, 4.69) is 16.0 Å². The first-order valence-corrected chi connectivity index (χ1v) is 12.3. The van der Waals surface area contributed by atoms with Crippen molar-refractivity contribution < 1.29 is 34.2 Å². The molecule has 0 aliphatic rings. The van der Waals surface area contributed by atoms with Crippen molar-refractivity contribution in [1.82, 2.24) is 16.0 Å². The summed E-state index contributed by atoms with van der Waals surface area (Å²) in [6, 6.07) is 4.12. The maximum atomic E-state index is 13.2. The zero-order valence-electron chi connectivity index (χ0n) is 21.3. The second kappa shape index (κ2) is 16.3. The van der Waals surface area contributed by atoms with Crippen LogP contribution < -0.4 is 27.4 Å². The number of unbranched alkanes of at least 4 members (excludes halogenated alkanes) is 1. The fourth-order valence-electron chi connectivity index (χ4n) is 3.62. The van der Waals surface area contributed by atoms with Crippen molar-refractivity contribution in [2.75, 3.05) is 6.54 Å². The van der Waals surface area contributed by atoms with E-state index in [1.807, 2.05) is 13.8 Å². The highest BCUT2D eigenvalue weighted by molar-refractivity contribution is 5.94. The lowest BCUT2D eigenvalue weighted by Crippen LogP contribution is -2.57. The van der Waals surface area contributed by atoms with Crippen LogP contribution in [0.25, 0.3) is 0 Å². The number of rotatable bonds is 17. The Kier molecular flexibility index (Phi) is 13.9. The van der Waals surface area contributed by atoms with Gasteiger partial charge < -0.3 is 37.6 Å². The summed E-state index contributed by atoms with van der Waals surface area (Å²) < 4.78 is 0. The third-order valence-electron chi connectivity index (χ3n) is 5.55. The summed E-state index contributed by atoms with van der Waals surface area (Å²) in [7, 11) is 0. The Morgan fingerprint density at radius 2 is 1.41 bits per heavy atom. The minimum atomic E-state index is -1.36. The second-order valence-electron chi connectivity index (χ2n) is 9.33. The number of carboxylic acid groups (broad SMARTS) is 2. The molecule has 0 unspecified atom stereocenters. The van der Waals surface area contributed by atoms with Gasteiger partial charge >= 0.3 is 11.9 Å². The van der Waals surface area contributed by atoms with Crippen LogP contribution in [0.2, 0.25) is 0 Å². The average Bonchev–Trinajstić information content (AvgIpc) is 2.82. The van der Waals surface area contributed by atoms with E-state index in [-0.39, 0.29) is 25.2 Å². The van der Waals surface area contributed by atoms with Crippen molar-refractivity contribution in [2.45, 2.75) is 76.5 Å². The number of carbonyl (C=O) groups is 5. The summed E-state index contributed by atoms with van der Waals surface area (Å²) in [5.41, 5.74) is 11.9. The molecule has 1 aromatic carbocycles. The van der Waals surface area contributed by atoms with Crippen molar-refractivity contribution in [3.8, 4) is 0 Å². The molecule has 12 nitrogen and oxygen atoms in total. The van der Waals surface area contributed by atoms with Crippen LogP contribution in [0, 0.1) is 5.92 Å². The first kappa shape index (κ1) is 31.5. The normalized spacial score (nSPS) is 14.2. The molecule has 0 aliphatic heterocycles. The fourth-order valence-corrected chi connectivity index (χ4v) is 3.62. The number of nitrogens with one attached hydrogen (secondary N) is 3. The molecule has 0 saturated carbocycles. The molecule has 3 amide bonds. The lowest BCUT2D eigenvalue weighted by molar-refractivity contribution is -0.142. The molecule has 0 aromatic heterocycles. The highest BCUT2D eigenvalue weighted by Crippen LogP contribution is 2.09. The molecule has 0 spiro atoms. The van der Waals surface area contributed by atoms with Gasteiger partial charge in [0.05, 0.1) is 12.5 Å². The van der Waals surface area contributed by atoms with E-state index in [0.29, 0.717) is 19.4 Å². The van der Waals surface area contributed by atoms with Gasteiger partial charge in [0.25, 0.3) is 0 Å². The van der Waals surface area contributed by atoms with Crippen LogP contribution in [0.1, 0.15) is 51.5 Å². The van der Waals surface area contributed by atoms with Crippen LogP contribution in [0.3, 0.4) is 0 Å². The highest BCUT2D eigenvalue weighted by Gasteiger charge is 2.31. The van der Waals surface area contributed by atoms with Gasteiger partial charge in [-0.3, -0.25) is 19.2 Å². The van der Waals surface area contributed by atoms with E-state index in [9.17, 15) is 29.1 Å². The molecule has 0 fully saturated rings. The monoisotopic (exact) mass is 521 g/mol. The molecule has 1 aromatic rings. The van der Waals surface area contributed by atoms with Gasteiger partial charge in [-0.15, -0.1) is 0 Å². The van der Waals surface area contributed by atoms with E-state index in [1.54, 1.807) is 30.3 Å². The standard InChI is InChI=1S/C25H39N5O7/c1-15(2)12-20(25(36)37)30-24(35)19(13-16-8-4-3-5-9-16)29-23(34)18(10-6-7-11-26)28-22(33)17(27)14-21(31)32/h3-5,8-9,15,17-20H,6-7,10-14,26-27H2,1-2H3,(H,28,33)(H,29,34)(H,30,35)(H,31,32)(H,36,37)/t17-,18-,19-,20-/m0/s1. The summed E-state index contributed by atoms with van der Waals surface area (Å²) in [6.07, 6.45) is 0.896. The van der Waals surface area contributed by atoms with Crippen molar-refractivity contribution in [2.24, 2.45) is 17.4 Å². The quantitative estimate of drug-likeness (QED) is 0.134. The number of hydrogen-bond acceptors (Lipinski definition) is 7. The molecule has 12 heteroatoms. The van der Waals surface area contributed by atoms with Gasteiger partial charge in [0.1, 0.15) is 18.1 Å². The highest BCUT2D eigenvalue weighted by atomic mass is 16.4. The van der Waals surface area contributed by atoms with Crippen molar-refractivity contribution in [3.63, 3.8) is 0 Å². The lowest BCUT2D eigenvalue weighted by Gasteiger charge is -2.25. The Hall–Kier alpha value is -3.51. The maximum Gasteiger partial charge on any atom is 0.326 e. The van der Waals surface area contributed by atoms with Crippen molar-refractivity contribution in [3.05, 3.63) is 35.9 Å². The Morgan fingerprint density at radius 1 is 0.838 bits per heavy atom.